The molecule has 13 heavy (non-hydrogen) atoms. The SMILES string of the molecule is O=CCCc1ccccc1.O=CO. The number of rotatable bonds is 3. The van der Waals surface area contributed by atoms with Crippen molar-refractivity contribution in [1.29, 1.82) is 0 Å². The van der Waals surface area contributed by atoms with Gasteiger partial charge in [-0.25, -0.2) is 0 Å². The van der Waals surface area contributed by atoms with Crippen LogP contribution < -0.4 is 0 Å². The Morgan fingerprint density at radius 1 is 1.15 bits per heavy atom. The molecule has 0 heterocycles. The minimum atomic E-state index is -0.250. The van der Waals surface area contributed by atoms with Gasteiger partial charge in [-0.3, -0.25) is 4.79 Å². The molecule has 70 valence electrons. The first-order valence-corrected chi connectivity index (χ1v) is 3.90. The average molecular weight is 180 g/mol. The second kappa shape index (κ2) is 8.46. The van der Waals surface area contributed by atoms with Crippen molar-refractivity contribution in [3.05, 3.63) is 35.9 Å². The van der Waals surface area contributed by atoms with Crippen LogP contribution in [0.3, 0.4) is 0 Å². The van der Waals surface area contributed by atoms with Gasteiger partial charge in [-0.2, -0.15) is 0 Å². The minimum Gasteiger partial charge on any atom is -0.483 e. The molecule has 0 saturated carbocycles. The van der Waals surface area contributed by atoms with Crippen molar-refractivity contribution in [2.24, 2.45) is 0 Å². The fourth-order valence-corrected chi connectivity index (χ4v) is 0.870. The van der Waals surface area contributed by atoms with E-state index in [4.69, 9.17) is 9.90 Å². The summed E-state index contributed by atoms with van der Waals surface area (Å²) < 4.78 is 0. The predicted molar refractivity (Wildman–Crippen MR) is 49.5 cm³/mol. The Balaban J connectivity index is 0.000000424. The summed E-state index contributed by atoms with van der Waals surface area (Å²) in [6.07, 6.45) is 2.45. The fourth-order valence-electron chi connectivity index (χ4n) is 0.870. The zero-order valence-electron chi connectivity index (χ0n) is 7.22. The van der Waals surface area contributed by atoms with Crippen LogP contribution in [-0.2, 0) is 16.0 Å². The van der Waals surface area contributed by atoms with E-state index < -0.39 is 0 Å². The molecule has 0 aliphatic carbocycles. The molecular weight excluding hydrogens is 168 g/mol. The summed E-state index contributed by atoms with van der Waals surface area (Å²) in [4.78, 5) is 18.3. The molecule has 0 spiro atoms. The van der Waals surface area contributed by atoms with Crippen molar-refractivity contribution >= 4 is 12.8 Å². The van der Waals surface area contributed by atoms with Crippen LogP contribution in [0, 0.1) is 0 Å². The smallest absolute Gasteiger partial charge is 0.290 e. The highest BCUT2D eigenvalue weighted by molar-refractivity contribution is 5.49. The maximum atomic E-state index is 9.98. The lowest BCUT2D eigenvalue weighted by Crippen LogP contribution is -1.83. The highest BCUT2D eigenvalue weighted by Crippen LogP contribution is 1.99. The molecule has 0 aliphatic rings. The van der Waals surface area contributed by atoms with Gasteiger partial charge in [0.25, 0.3) is 6.47 Å². The summed E-state index contributed by atoms with van der Waals surface area (Å²) in [5.74, 6) is 0. The largest absolute Gasteiger partial charge is 0.483 e. The second-order valence-electron chi connectivity index (χ2n) is 2.30. The fraction of sp³-hybridized carbons (Fsp3) is 0.200. The van der Waals surface area contributed by atoms with Gasteiger partial charge in [-0.15, -0.1) is 0 Å². The maximum Gasteiger partial charge on any atom is 0.290 e. The Morgan fingerprint density at radius 2 is 1.69 bits per heavy atom. The van der Waals surface area contributed by atoms with Gasteiger partial charge in [0.15, 0.2) is 0 Å². The molecule has 1 N–H and O–H groups in total. The second-order valence-corrected chi connectivity index (χ2v) is 2.30. The molecule has 0 saturated heterocycles. The Morgan fingerprint density at radius 3 is 2.15 bits per heavy atom. The zero-order valence-corrected chi connectivity index (χ0v) is 7.22. The van der Waals surface area contributed by atoms with E-state index in [0.717, 1.165) is 12.7 Å². The first-order valence-electron chi connectivity index (χ1n) is 3.90. The average Bonchev–Trinajstić information content (AvgIpc) is 2.18. The third-order valence-electron chi connectivity index (χ3n) is 1.39. The van der Waals surface area contributed by atoms with Crippen LogP contribution in [0.15, 0.2) is 30.3 Å². The normalized spacial score (nSPS) is 8.00. The highest BCUT2D eigenvalue weighted by atomic mass is 16.3. The Bertz CT molecular complexity index is 231. The summed E-state index contributed by atoms with van der Waals surface area (Å²) >= 11 is 0. The lowest BCUT2D eigenvalue weighted by atomic mass is 10.1. The molecule has 1 aromatic carbocycles. The topological polar surface area (TPSA) is 54.4 Å². The lowest BCUT2D eigenvalue weighted by molar-refractivity contribution is -0.122. The van der Waals surface area contributed by atoms with E-state index in [1.54, 1.807) is 0 Å². The number of carboxylic acid groups (broad SMARTS) is 1. The summed E-state index contributed by atoms with van der Waals surface area (Å²) in [7, 11) is 0. The number of carbonyl (C=O) groups excluding carboxylic acids is 1. The number of hydrogen-bond donors (Lipinski definition) is 1. The molecule has 3 nitrogen and oxygen atoms in total. The number of benzene rings is 1. The Labute approximate surface area is 77.0 Å². The summed E-state index contributed by atoms with van der Waals surface area (Å²) in [5, 5.41) is 6.89. The Kier molecular flexibility index (Phi) is 7.39. The van der Waals surface area contributed by atoms with Crippen molar-refractivity contribution in [2.75, 3.05) is 0 Å². The van der Waals surface area contributed by atoms with Gasteiger partial charge in [-0.05, 0) is 12.0 Å². The number of aryl methyl sites for hydroxylation is 1. The van der Waals surface area contributed by atoms with Crippen LogP contribution in [0.25, 0.3) is 0 Å². The van der Waals surface area contributed by atoms with E-state index in [1.807, 2.05) is 30.3 Å². The summed E-state index contributed by atoms with van der Waals surface area (Å²) in [6.45, 7) is -0.250. The molecule has 0 aliphatic heterocycles. The third kappa shape index (κ3) is 6.75. The van der Waals surface area contributed by atoms with Crippen molar-refractivity contribution in [3.8, 4) is 0 Å². The van der Waals surface area contributed by atoms with Crippen molar-refractivity contribution in [2.45, 2.75) is 12.8 Å². The first-order chi connectivity index (χ1) is 6.35. The van der Waals surface area contributed by atoms with Gasteiger partial charge < -0.3 is 9.90 Å². The molecule has 0 fully saturated rings. The molecule has 1 rings (SSSR count). The lowest BCUT2D eigenvalue weighted by Gasteiger charge is -1.93. The molecule has 0 unspecified atom stereocenters. The van der Waals surface area contributed by atoms with E-state index in [0.29, 0.717) is 6.42 Å². The van der Waals surface area contributed by atoms with Crippen LogP contribution in [-0.4, -0.2) is 17.9 Å². The quantitative estimate of drug-likeness (QED) is 0.717. The van der Waals surface area contributed by atoms with Crippen LogP contribution in [0.4, 0.5) is 0 Å². The van der Waals surface area contributed by atoms with E-state index in [2.05, 4.69) is 0 Å². The minimum absolute atomic E-state index is 0.250. The summed E-state index contributed by atoms with van der Waals surface area (Å²) in [6, 6.07) is 10.0. The number of carbonyl (C=O) groups is 2. The molecule has 0 bridgehead atoms. The Hall–Kier alpha value is -1.64. The molecule has 3 heteroatoms. The molecule has 0 atom stereocenters. The number of hydrogen-bond acceptors (Lipinski definition) is 2. The van der Waals surface area contributed by atoms with Crippen LogP contribution >= 0.6 is 0 Å². The zero-order chi connectivity index (χ0) is 9.94. The predicted octanol–water partition coefficient (Wildman–Crippen LogP) is 1.52. The standard InChI is InChI=1S/C9H10O.CH2O2/c10-8-4-7-9-5-2-1-3-6-9;2-1-3/h1-3,5-6,8H,4,7H2;1H,(H,2,3). The van der Waals surface area contributed by atoms with Crippen molar-refractivity contribution in [3.63, 3.8) is 0 Å². The molecule has 1 aromatic rings. The van der Waals surface area contributed by atoms with Gasteiger partial charge >= 0.3 is 0 Å². The van der Waals surface area contributed by atoms with E-state index in [1.165, 1.54) is 5.56 Å². The third-order valence-corrected chi connectivity index (χ3v) is 1.39. The first kappa shape index (κ1) is 11.4. The molecule has 0 aromatic heterocycles. The summed E-state index contributed by atoms with van der Waals surface area (Å²) in [5.41, 5.74) is 1.23. The molecular formula is C10H12O3. The van der Waals surface area contributed by atoms with Gasteiger partial charge in [-0.1, -0.05) is 30.3 Å². The maximum absolute atomic E-state index is 9.98. The van der Waals surface area contributed by atoms with E-state index >= 15 is 0 Å². The van der Waals surface area contributed by atoms with Crippen LogP contribution in [0.1, 0.15) is 12.0 Å². The van der Waals surface area contributed by atoms with Crippen molar-refractivity contribution in [1.82, 2.24) is 0 Å². The van der Waals surface area contributed by atoms with Crippen LogP contribution in [0.2, 0.25) is 0 Å². The van der Waals surface area contributed by atoms with Crippen molar-refractivity contribution < 1.29 is 14.7 Å². The van der Waals surface area contributed by atoms with Gasteiger partial charge in [0.2, 0.25) is 0 Å². The van der Waals surface area contributed by atoms with Gasteiger partial charge in [0.05, 0.1) is 0 Å². The van der Waals surface area contributed by atoms with E-state index in [-0.39, 0.29) is 6.47 Å². The number of aldehydes is 1. The van der Waals surface area contributed by atoms with E-state index in [9.17, 15) is 4.79 Å². The molecule has 0 amide bonds. The van der Waals surface area contributed by atoms with Gasteiger partial charge in [0.1, 0.15) is 6.29 Å². The molecule has 0 radical (unpaired) electrons. The highest BCUT2D eigenvalue weighted by Gasteiger charge is 1.87. The monoisotopic (exact) mass is 180 g/mol. The van der Waals surface area contributed by atoms with Crippen LogP contribution in [0.5, 0.6) is 0 Å². The van der Waals surface area contributed by atoms with Gasteiger partial charge in [0, 0.05) is 6.42 Å².